The van der Waals surface area contributed by atoms with Gasteiger partial charge in [-0.2, -0.15) is 13.2 Å². The normalized spacial score (nSPS) is 11.9. The fraction of sp³-hybridized carbons (Fsp3) is 0.400. The number of ether oxygens (including phenoxy) is 1. The van der Waals surface area contributed by atoms with Gasteiger partial charge in [0.1, 0.15) is 5.60 Å². The van der Waals surface area contributed by atoms with E-state index in [-0.39, 0.29) is 12.1 Å². The second kappa shape index (κ2) is 10.9. The Morgan fingerprint density at radius 1 is 0.889 bits per heavy atom. The molecule has 0 atom stereocenters. The molecule has 196 valence electrons. The lowest BCUT2D eigenvalue weighted by atomic mass is 9.92. The second-order valence-electron chi connectivity index (χ2n) is 9.87. The number of carbonyl (C=O) groups is 3. The van der Waals surface area contributed by atoms with Gasteiger partial charge in [-0.15, -0.1) is 0 Å². The molecular formula is C25H31F3N4O4. The maximum atomic E-state index is 12.8. The summed E-state index contributed by atoms with van der Waals surface area (Å²) in [6, 6.07) is 10.7. The van der Waals surface area contributed by atoms with Crippen molar-refractivity contribution in [3.8, 4) is 0 Å². The zero-order valence-corrected chi connectivity index (χ0v) is 21.0. The summed E-state index contributed by atoms with van der Waals surface area (Å²) in [6.45, 7) is 8.43. The van der Waals surface area contributed by atoms with Crippen LogP contribution >= 0.6 is 0 Å². The van der Waals surface area contributed by atoms with Gasteiger partial charge in [-0.25, -0.2) is 4.79 Å². The van der Waals surface area contributed by atoms with Gasteiger partial charge in [0.25, 0.3) is 5.91 Å². The van der Waals surface area contributed by atoms with Gasteiger partial charge in [0.05, 0.1) is 22.2 Å². The minimum Gasteiger partial charge on any atom is -0.444 e. The van der Waals surface area contributed by atoms with Crippen molar-refractivity contribution in [2.24, 2.45) is 5.41 Å². The number of halogens is 3. The van der Waals surface area contributed by atoms with E-state index in [1.807, 2.05) is 0 Å². The lowest BCUT2D eigenvalue weighted by Gasteiger charge is -2.31. The van der Waals surface area contributed by atoms with Crippen LogP contribution in [0.3, 0.4) is 0 Å². The van der Waals surface area contributed by atoms with E-state index in [0.717, 1.165) is 12.1 Å². The molecule has 3 amide bonds. The van der Waals surface area contributed by atoms with E-state index in [9.17, 15) is 27.6 Å². The number of rotatable bonds is 6. The largest absolute Gasteiger partial charge is 0.444 e. The first-order chi connectivity index (χ1) is 16.5. The van der Waals surface area contributed by atoms with Crippen LogP contribution in [-0.2, 0) is 15.7 Å². The molecule has 11 heteroatoms. The van der Waals surface area contributed by atoms with Crippen molar-refractivity contribution in [2.45, 2.75) is 46.4 Å². The van der Waals surface area contributed by atoms with Gasteiger partial charge in [-0.3, -0.25) is 20.4 Å². The molecule has 0 aliphatic rings. The minimum atomic E-state index is -4.45. The molecule has 0 unspecified atom stereocenters. The average Bonchev–Trinajstić information content (AvgIpc) is 2.75. The molecule has 0 bridgehead atoms. The highest BCUT2D eigenvalue weighted by molar-refractivity contribution is 6.01. The molecule has 0 heterocycles. The summed E-state index contributed by atoms with van der Waals surface area (Å²) in [7, 11) is 1.50. The van der Waals surface area contributed by atoms with Crippen LogP contribution < -0.4 is 16.2 Å². The van der Waals surface area contributed by atoms with Gasteiger partial charge in [0.15, 0.2) is 0 Å². The minimum absolute atomic E-state index is 0.0235. The molecule has 2 rings (SSSR count). The van der Waals surface area contributed by atoms with Gasteiger partial charge in [0.2, 0.25) is 5.91 Å². The number of benzene rings is 2. The molecular weight excluding hydrogens is 477 g/mol. The smallest absolute Gasteiger partial charge is 0.416 e. The zero-order valence-electron chi connectivity index (χ0n) is 21.0. The van der Waals surface area contributed by atoms with Crippen molar-refractivity contribution >= 4 is 29.3 Å². The number of nitrogens with one attached hydrogen (secondary N) is 3. The molecule has 0 saturated heterocycles. The van der Waals surface area contributed by atoms with Crippen LogP contribution in [0.2, 0.25) is 0 Å². The standard InChI is InChI=1S/C25H31F3N4O4/c1-23(2,3)36-22(35)32(6)15-24(4,5)21(34)31-30-20(33)18-9-7-8-10-19(18)29-17-13-11-16(12-14-17)25(26,27)28/h7-14,29H,15H2,1-6H3,(H,30,33)(H,31,34). The molecule has 0 aliphatic heterocycles. The van der Waals surface area contributed by atoms with E-state index >= 15 is 0 Å². The first-order valence-corrected chi connectivity index (χ1v) is 11.1. The Kier molecular flexibility index (Phi) is 8.61. The first kappa shape index (κ1) is 28.5. The van der Waals surface area contributed by atoms with E-state index < -0.39 is 40.7 Å². The van der Waals surface area contributed by atoms with Gasteiger partial charge in [-0.05, 0) is 71.0 Å². The number of alkyl halides is 3. The molecule has 0 fully saturated rings. The molecule has 0 saturated carbocycles. The third-order valence-electron chi connectivity index (χ3n) is 4.90. The number of anilines is 2. The quantitative estimate of drug-likeness (QED) is 0.472. The molecule has 0 spiro atoms. The highest BCUT2D eigenvalue weighted by Gasteiger charge is 2.33. The summed E-state index contributed by atoms with van der Waals surface area (Å²) in [4.78, 5) is 39.0. The number of hydrazine groups is 1. The predicted molar refractivity (Wildman–Crippen MR) is 129 cm³/mol. The highest BCUT2D eigenvalue weighted by atomic mass is 19.4. The molecule has 2 aromatic rings. The van der Waals surface area contributed by atoms with Crippen LogP contribution in [0.1, 0.15) is 50.5 Å². The van der Waals surface area contributed by atoms with Crippen molar-refractivity contribution in [1.82, 2.24) is 15.8 Å². The fourth-order valence-electron chi connectivity index (χ4n) is 3.11. The topological polar surface area (TPSA) is 99.8 Å². The molecule has 8 nitrogen and oxygen atoms in total. The van der Waals surface area contributed by atoms with Crippen LogP contribution in [0.5, 0.6) is 0 Å². The summed E-state index contributed by atoms with van der Waals surface area (Å²) in [5.74, 6) is -1.19. The number of para-hydroxylation sites is 1. The lowest BCUT2D eigenvalue weighted by molar-refractivity contribution is -0.137. The number of carbonyl (C=O) groups excluding carboxylic acids is 3. The highest BCUT2D eigenvalue weighted by Crippen LogP contribution is 2.30. The monoisotopic (exact) mass is 508 g/mol. The van der Waals surface area contributed by atoms with E-state index in [4.69, 9.17) is 4.74 Å². The van der Waals surface area contributed by atoms with Gasteiger partial charge in [0, 0.05) is 19.3 Å². The summed E-state index contributed by atoms with van der Waals surface area (Å²) in [5, 5.41) is 2.91. The summed E-state index contributed by atoms with van der Waals surface area (Å²) in [6.07, 6.45) is -5.04. The van der Waals surface area contributed by atoms with Crippen LogP contribution in [-0.4, -0.2) is 42.0 Å². The Balaban J connectivity index is 2.03. The SMILES string of the molecule is CN(CC(C)(C)C(=O)NNC(=O)c1ccccc1Nc1ccc(C(F)(F)F)cc1)C(=O)OC(C)(C)C. The molecule has 0 radical (unpaired) electrons. The van der Waals surface area contributed by atoms with Gasteiger partial charge < -0.3 is 15.0 Å². The van der Waals surface area contributed by atoms with Crippen molar-refractivity contribution in [2.75, 3.05) is 18.9 Å². The Labute approximate surface area is 208 Å². The van der Waals surface area contributed by atoms with Crippen LogP contribution in [0.15, 0.2) is 48.5 Å². The fourth-order valence-corrected chi connectivity index (χ4v) is 3.11. The Morgan fingerprint density at radius 2 is 1.47 bits per heavy atom. The number of hydrogen-bond acceptors (Lipinski definition) is 5. The molecule has 3 N–H and O–H groups in total. The maximum Gasteiger partial charge on any atom is 0.416 e. The summed E-state index contributed by atoms with van der Waals surface area (Å²) >= 11 is 0. The second-order valence-corrected chi connectivity index (χ2v) is 9.87. The van der Waals surface area contributed by atoms with Gasteiger partial charge >= 0.3 is 12.3 Å². The number of amides is 3. The Morgan fingerprint density at radius 3 is 2.03 bits per heavy atom. The zero-order chi connectivity index (χ0) is 27.3. The van der Waals surface area contributed by atoms with Crippen molar-refractivity contribution < 1.29 is 32.3 Å². The molecule has 0 aliphatic carbocycles. The van der Waals surface area contributed by atoms with E-state index in [1.165, 1.54) is 30.1 Å². The summed E-state index contributed by atoms with van der Waals surface area (Å²) < 4.78 is 43.7. The number of nitrogens with zero attached hydrogens (tertiary/aromatic N) is 1. The average molecular weight is 509 g/mol. The van der Waals surface area contributed by atoms with E-state index in [2.05, 4.69) is 16.2 Å². The van der Waals surface area contributed by atoms with Crippen LogP contribution in [0, 0.1) is 5.41 Å². The third kappa shape index (κ3) is 8.17. The molecule has 0 aromatic heterocycles. The van der Waals surface area contributed by atoms with Crippen LogP contribution in [0.4, 0.5) is 29.3 Å². The Hall–Kier alpha value is -3.76. The van der Waals surface area contributed by atoms with Crippen molar-refractivity contribution in [3.05, 3.63) is 59.7 Å². The third-order valence-corrected chi connectivity index (χ3v) is 4.90. The number of hydrogen-bond donors (Lipinski definition) is 3. The van der Waals surface area contributed by atoms with Crippen molar-refractivity contribution in [3.63, 3.8) is 0 Å². The first-order valence-electron chi connectivity index (χ1n) is 11.1. The maximum absolute atomic E-state index is 12.8. The van der Waals surface area contributed by atoms with Crippen LogP contribution in [0.25, 0.3) is 0 Å². The summed E-state index contributed by atoms with van der Waals surface area (Å²) in [5.41, 5.74) is 2.97. The van der Waals surface area contributed by atoms with Gasteiger partial charge in [-0.1, -0.05) is 12.1 Å². The Bertz CT molecular complexity index is 1090. The van der Waals surface area contributed by atoms with Crippen molar-refractivity contribution in [1.29, 1.82) is 0 Å². The molecule has 2 aromatic carbocycles. The van der Waals surface area contributed by atoms with E-state index in [0.29, 0.717) is 11.4 Å². The lowest BCUT2D eigenvalue weighted by Crippen LogP contribution is -2.51. The van der Waals surface area contributed by atoms with E-state index in [1.54, 1.807) is 52.8 Å². The molecule has 36 heavy (non-hydrogen) atoms. The predicted octanol–water partition coefficient (Wildman–Crippen LogP) is 5.10.